The highest BCUT2D eigenvalue weighted by atomic mass is 35.5. The Balaban J connectivity index is 1.61. The van der Waals surface area contributed by atoms with Crippen molar-refractivity contribution in [1.82, 2.24) is 0 Å². The maximum Gasteiger partial charge on any atom is 0.345 e. The van der Waals surface area contributed by atoms with Gasteiger partial charge < -0.3 is 19.5 Å². The van der Waals surface area contributed by atoms with Gasteiger partial charge in [-0.1, -0.05) is 41.9 Å². The molecule has 4 aromatic rings. The van der Waals surface area contributed by atoms with Gasteiger partial charge in [-0.05, 0) is 86.9 Å². The maximum atomic E-state index is 14.1. The van der Waals surface area contributed by atoms with Gasteiger partial charge in [-0.25, -0.2) is 9.18 Å². The van der Waals surface area contributed by atoms with Crippen LogP contribution in [-0.4, -0.2) is 18.6 Å². The fourth-order valence-corrected chi connectivity index (χ4v) is 5.44. The van der Waals surface area contributed by atoms with Crippen LogP contribution in [0.5, 0.6) is 17.2 Å². The Morgan fingerprint density at radius 3 is 2.49 bits per heavy atom. The van der Waals surface area contributed by atoms with Crippen LogP contribution in [0, 0.1) is 12.7 Å². The van der Waals surface area contributed by atoms with Crippen molar-refractivity contribution in [3.05, 3.63) is 112 Å². The molecule has 210 valence electrons. The first-order valence-corrected chi connectivity index (χ1v) is 13.6. The Kier molecular flexibility index (Phi) is 7.78. The van der Waals surface area contributed by atoms with Crippen LogP contribution in [0.25, 0.3) is 16.7 Å². The van der Waals surface area contributed by atoms with E-state index < -0.39 is 5.97 Å². The zero-order valence-corrected chi connectivity index (χ0v) is 24.4. The van der Waals surface area contributed by atoms with Crippen molar-refractivity contribution < 1.29 is 23.4 Å². The van der Waals surface area contributed by atoms with Crippen LogP contribution in [0.2, 0.25) is 5.02 Å². The number of nitrogens with one attached hydrogen (secondary N) is 1. The van der Waals surface area contributed by atoms with E-state index in [4.69, 9.17) is 25.8 Å². The highest BCUT2D eigenvalue weighted by molar-refractivity contribution is 6.33. The molecule has 5 rings (SSSR count). The lowest BCUT2D eigenvalue weighted by Gasteiger charge is -2.33. The maximum absolute atomic E-state index is 14.1. The number of aryl methyl sites for hydroxylation is 1. The van der Waals surface area contributed by atoms with Crippen molar-refractivity contribution in [3.63, 3.8) is 0 Å². The number of anilines is 1. The number of rotatable bonds is 7. The number of esters is 1. The third-order valence-corrected chi connectivity index (χ3v) is 7.36. The number of hydrogen-bond acceptors (Lipinski definition) is 5. The Bertz CT molecular complexity index is 1680. The van der Waals surface area contributed by atoms with Crippen molar-refractivity contribution in [2.24, 2.45) is 0 Å². The summed E-state index contributed by atoms with van der Waals surface area (Å²) in [5.74, 6) is 0.468. The average Bonchev–Trinajstić information content (AvgIpc) is 2.92. The summed E-state index contributed by atoms with van der Waals surface area (Å²) in [4.78, 5) is 12.9. The molecule has 0 unspecified atom stereocenters. The third kappa shape index (κ3) is 5.93. The molecule has 0 saturated carbocycles. The molecule has 0 radical (unpaired) electrons. The van der Waals surface area contributed by atoms with E-state index >= 15 is 0 Å². The molecule has 0 spiro atoms. The highest BCUT2D eigenvalue weighted by Gasteiger charge is 2.27. The summed E-state index contributed by atoms with van der Waals surface area (Å²) in [5, 5.41) is 3.90. The molecule has 1 heterocycles. The monoisotopic (exact) mass is 571 g/mol. The van der Waals surface area contributed by atoms with Gasteiger partial charge in [-0.2, -0.15) is 0 Å². The number of methoxy groups -OCH3 is 1. The van der Waals surface area contributed by atoms with E-state index in [0.29, 0.717) is 27.8 Å². The second kappa shape index (κ2) is 11.3. The normalized spacial score (nSPS) is 13.5. The summed E-state index contributed by atoms with van der Waals surface area (Å²) in [6.07, 6.45) is 2.18. The third-order valence-electron chi connectivity index (χ3n) is 7.03. The van der Waals surface area contributed by atoms with Crippen molar-refractivity contribution in [2.75, 3.05) is 12.4 Å². The van der Waals surface area contributed by atoms with Crippen LogP contribution < -0.4 is 19.5 Å². The highest BCUT2D eigenvalue weighted by Crippen LogP contribution is 2.44. The lowest BCUT2D eigenvalue weighted by molar-refractivity contribution is 0.0735. The molecular weight excluding hydrogens is 541 g/mol. The predicted molar refractivity (Wildman–Crippen MR) is 162 cm³/mol. The van der Waals surface area contributed by atoms with Gasteiger partial charge >= 0.3 is 5.97 Å². The molecule has 1 aliphatic rings. The van der Waals surface area contributed by atoms with E-state index in [9.17, 15) is 9.18 Å². The first kappa shape index (κ1) is 28.2. The quantitative estimate of drug-likeness (QED) is 0.177. The number of carbonyl (C=O) groups excluding carboxylic acids is 1. The number of hydrogen-bond donors (Lipinski definition) is 1. The van der Waals surface area contributed by atoms with Crippen LogP contribution in [-0.2, 0) is 6.61 Å². The molecular formula is C34H31ClFNO4. The van der Waals surface area contributed by atoms with Gasteiger partial charge in [0.1, 0.15) is 29.7 Å². The van der Waals surface area contributed by atoms with E-state index in [1.165, 1.54) is 12.1 Å². The number of allylic oxidation sites excluding steroid dienone is 1. The standard InChI is InChI=1S/C34H31ClFNO4/c1-20-10-11-22(36)16-31(20)40-19-27-24(13-14-29-32(27)21(2)18-34(3,4)37-29)26-17-23(12-15-30(26)39-5)41-33(38)25-8-6-7-9-28(25)35/h6-18,37H,19H2,1-5H3. The Hall–Kier alpha value is -4.29. The number of fused-ring (bicyclic) bond motifs is 1. The van der Waals surface area contributed by atoms with E-state index in [1.54, 1.807) is 55.6 Å². The Morgan fingerprint density at radius 1 is 0.951 bits per heavy atom. The van der Waals surface area contributed by atoms with Crippen molar-refractivity contribution in [3.8, 4) is 28.4 Å². The lowest BCUT2D eigenvalue weighted by Crippen LogP contribution is -2.32. The van der Waals surface area contributed by atoms with Gasteiger partial charge in [0.05, 0.1) is 23.2 Å². The molecule has 1 N–H and O–H groups in total. The summed E-state index contributed by atoms with van der Waals surface area (Å²) in [5.41, 5.74) is 6.35. The smallest absolute Gasteiger partial charge is 0.345 e. The number of benzene rings is 4. The van der Waals surface area contributed by atoms with Gasteiger partial charge in [0.2, 0.25) is 0 Å². The van der Waals surface area contributed by atoms with Crippen molar-refractivity contribution in [2.45, 2.75) is 39.8 Å². The molecule has 7 heteroatoms. The van der Waals surface area contributed by atoms with Crippen molar-refractivity contribution >= 4 is 28.8 Å². The Morgan fingerprint density at radius 2 is 1.73 bits per heavy atom. The average molecular weight is 572 g/mol. The van der Waals surface area contributed by atoms with E-state index in [-0.39, 0.29) is 23.5 Å². The first-order valence-electron chi connectivity index (χ1n) is 13.2. The molecule has 0 saturated heterocycles. The summed E-state index contributed by atoms with van der Waals surface area (Å²) >= 11 is 6.22. The van der Waals surface area contributed by atoms with E-state index in [0.717, 1.165) is 33.5 Å². The topological polar surface area (TPSA) is 56.8 Å². The minimum Gasteiger partial charge on any atom is -0.496 e. The van der Waals surface area contributed by atoms with Gasteiger partial charge in [-0.3, -0.25) is 0 Å². The lowest BCUT2D eigenvalue weighted by atomic mass is 9.85. The van der Waals surface area contributed by atoms with Crippen LogP contribution in [0.15, 0.2) is 78.9 Å². The van der Waals surface area contributed by atoms with Crippen LogP contribution in [0.4, 0.5) is 10.1 Å². The molecule has 0 bridgehead atoms. The number of halogens is 2. The second-order valence-corrected chi connectivity index (χ2v) is 11.0. The molecule has 0 atom stereocenters. The fraction of sp³-hybridized carbons (Fsp3) is 0.206. The van der Waals surface area contributed by atoms with Crippen LogP contribution >= 0.6 is 11.6 Å². The van der Waals surface area contributed by atoms with E-state index in [2.05, 4.69) is 32.2 Å². The molecule has 0 aliphatic carbocycles. The molecule has 0 fully saturated rings. The van der Waals surface area contributed by atoms with Gasteiger partial charge in [0.25, 0.3) is 0 Å². The summed E-state index contributed by atoms with van der Waals surface area (Å²) in [7, 11) is 1.59. The predicted octanol–water partition coefficient (Wildman–Crippen LogP) is 8.87. The largest absolute Gasteiger partial charge is 0.496 e. The number of ether oxygens (including phenoxy) is 3. The molecule has 4 aromatic carbocycles. The zero-order chi connectivity index (χ0) is 29.3. The summed E-state index contributed by atoms with van der Waals surface area (Å²) < 4.78 is 31.8. The zero-order valence-electron chi connectivity index (χ0n) is 23.6. The molecule has 41 heavy (non-hydrogen) atoms. The second-order valence-electron chi connectivity index (χ2n) is 10.6. The van der Waals surface area contributed by atoms with Gasteiger partial charge in [0.15, 0.2) is 0 Å². The minimum atomic E-state index is -0.562. The van der Waals surface area contributed by atoms with E-state index in [1.807, 2.05) is 19.1 Å². The molecule has 1 aliphatic heterocycles. The fourth-order valence-electron chi connectivity index (χ4n) is 5.23. The van der Waals surface area contributed by atoms with Gasteiger partial charge in [0, 0.05) is 28.4 Å². The summed E-state index contributed by atoms with van der Waals surface area (Å²) in [6, 6.07) is 20.5. The van der Waals surface area contributed by atoms with Crippen LogP contribution in [0.3, 0.4) is 0 Å². The molecule has 0 aromatic heterocycles. The first-order chi connectivity index (χ1) is 19.6. The summed E-state index contributed by atoms with van der Waals surface area (Å²) in [6.45, 7) is 8.34. The Labute approximate surface area is 244 Å². The van der Waals surface area contributed by atoms with Crippen molar-refractivity contribution in [1.29, 1.82) is 0 Å². The molecule has 5 nitrogen and oxygen atoms in total. The number of carbonyl (C=O) groups is 1. The SMILES string of the molecule is COc1ccc(OC(=O)c2ccccc2Cl)cc1-c1ccc2c(c1COc1cc(F)ccc1C)C(C)=CC(C)(C)N2. The van der Waals surface area contributed by atoms with Gasteiger partial charge in [-0.15, -0.1) is 0 Å². The minimum absolute atomic E-state index is 0.170. The van der Waals surface area contributed by atoms with Crippen LogP contribution in [0.1, 0.15) is 47.8 Å². The molecule has 0 amide bonds.